The van der Waals surface area contributed by atoms with Gasteiger partial charge in [-0.2, -0.15) is 8.78 Å². The average molecular weight is 330 g/mol. The molecule has 116 valence electrons. The standard InChI is InChI=1S/C17H12F2N2OS/c18-17(19)23-14-6-4-13(5-7-14)21-16(22)12-3-8-15-11(10-12)2-1-9-20-15/h1-10,17H,(H,21,22). The Morgan fingerprint density at radius 3 is 2.61 bits per heavy atom. The lowest BCUT2D eigenvalue weighted by Crippen LogP contribution is -2.11. The van der Waals surface area contributed by atoms with Gasteiger partial charge in [0.2, 0.25) is 0 Å². The molecule has 0 saturated heterocycles. The molecular weight excluding hydrogens is 318 g/mol. The number of pyridine rings is 1. The number of thioether (sulfide) groups is 1. The smallest absolute Gasteiger partial charge is 0.288 e. The number of carbonyl (C=O) groups excluding carboxylic acids is 1. The fourth-order valence-corrected chi connectivity index (χ4v) is 2.64. The Labute approximate surface area is 135 Å². The highest BCUT2D eigenvalue weighted by Crippen LogP contribution is 2.26. The number of halogens is 2. The molecule has 1 N–H and O–H groups in total. The number of nitrogens with one attached hydrogen (secondary N) is 1. The predicted molar refractivity (Wildman–Crippen MR) is 88.0 cm³/mol. The van der Waals surface area contributed by atoms with Crippen LogP contribution in [0.4, 0.5) is 14.5 Å². The molecule has 0 spiro atoms. The van der Waals surface area contributed by atoms with E-state index in [0.29, 0.717) is 27.9 Å². The Bertz CT molecular complexity index is 837. The van der Waals surface area contributed by atoms with Gasteiger partial charge in [-0.3, -0.25) is 9.78 Å². The summed E-state index contributed by atoms with van der Waals surface area (Å²) in [6.07, 6.45) is 1.70. The second-order valence-corrected chi connectivity index (χ2v) is 5.83. The summed E-state index contributed by atoms with van der Waals surface area (Å²) in [7, 11) is 0. The van der Waals surface area contributed by atoms with E-state index < -0.39 is 5.76 Å². The minimum Gasteiger partial charge on any atom is -0.322 e. The van der Waals surface area contributed by atoms with Crippen molar-refractivity contribution >= 4 is 34.3 Å². The summed E-state index contributed by atoms with van der Waals surface area (Å²) < 4.78 is 24.5. The maximum Gasteiger partial charge on any atom is 0.288 e. The maximum absolute atomic E-state index is 12.3. The molecule has 2 aromatic carbocycles. The fraction of sp³-hybridized carbons (Fsp3) is 0.0588. The van der Waals surface area contributed by atoms with E-state index in [0.717, 1.165) is 10.9 Å². The summed E-state index contributed by atoms with van der Waals surface area (Å²) in [5.74, 6) is -2.72. The Kier molecular flexibility index (Phi) is 4.52. The SMILES string of the molecule is O=C(Nc1ccc(SC(F)F)cc1)c1ccc2ncccc2c1. The third kappa shape index (κ3) is 3.84. The molecule has 0 bridgehead atoms. The van der Waals surface area contributed by atoms with E-state index in [2.05, 4.69) is 10.3 Å². The molecule has 3 rings (SSSR count). The molecule has 1 heterocycles. The summed E-state index contributed by atoms with van der Waals surface area (Å²) in [6.45, 7) is 0. The average Bonchev–Trinajstić information content (AvgIpc) is 2.55. The van der Waals surface area contributed by atoms with Crippen molar-refractivity contribution in [3.8, 4) is 0 Å². The molecule has 6 heteroatoms. The van der Waals surface area contributed by atoms with Gasteiger partial charge in [-0.25, -0.2) is 0 Å². The molecule has 0 unspecified atom stereocenters. The van der Waals surface area contributed by atoms with Gasteiger partial charge in [0.15, 0.2) is 0 Å². The number of amides is 1. The monoisotopic (exact) mass is 330 g/mol. The number of fused-ring (bicyclic) bond motifs is 1. The van der Waals surface area contributed by atoms with Crippen LogP contribution < -0.4 is 5.32 Å². The van der Waals surface area contributed by atoms with Crippen LogP contribution in [0.15, 0.2) is 65.7 Å². The highest BCUT2D eigenvalue weighted by Gasteiger charge is 2.08. The molecule has 3 aromatic rings. The molecule has 0 aliphatic heterocycles. The Balaban J connectivity index is 1.74. The van der Waals surface area contributed by atoms with Crippen LogP contribution in [0.25, 0.3) is 10.9 Å². The molecule has 1 aromatic heterocycles. The van der Waals surface area contributed by atoms with Crippen molar-refractivity contribution in [3.05, 3.63) is 66.4 Å². The van der Waals surface area contributed by atoms with Gasteiger partial charge in [-0.05, 0) is 48.5 Å². The first-order valence-electron chi connectivity index (χ1n) is 6.83. The van der Waals surface area contributed by atoms with Crippen LogP contribution in [0, 0.1) is 0 Å². The van der Waals surface area contributed by atoms with Crippen LogP contribution in [0.5, 0.6) is 0 Å². The van der Waals surface area contributed by atoms with Crippen molar-refractivity contribution in [3.63, 3.8) is 0 Å². The van der Waals surface area contributed by atoms with Gasteiger partial charge in [-0.1, -0.05) is 17.8 Å². The lowest BCUT2D eigenvalue weighted by Gasteiger charge is -2.07. The lowest BCUT2D eigenvalue weighted by atomic mass is 10.1. The first-order valence-corrected chi connectivity index (χ1v) is 7.71. The topological polar surface area (TPSA) is 42.0 Å². The maximum atomic E-state index is 12.3. The molecule has 23 heavy (non-hydrogen) atoms. The summed E-state index contributed by atoms with van der Waals surface area (Å²) in [5, 5.41) is 3.63. The van der Waals surface area contributed by atoms with Crippen LogP contribution in [-0.4, -0.2) is 16.6 Å². The van der Waals surface area contributed by atoms with E-state index in [1.807, 2.05) is 12.1 Å². The van der Waals surface area contributed by atoms with Crippen LogP contribution in [0.1, 0.15) is 10.4 Å². The van der Waals surface area contributed by atoms with Gasteiger partial charge in [0.25, 0.3) is 11.7 Å². The third-order valence-corrected chi connectivity index (χ3v) is 3.93. The second kappa shape index (κ2) is 6.75. The highest BCUT2D eigenvalue weighted by molar-refractivity contribution is 7.99. The van der Waals surface area contributed by atoms with Crippen molar-refractivity contribution in [1.29, 1.82) is 0 Å². The zero-order valence-electron chi connectivity index (χ0n) is 11.9. The van der Waals surface area contributed by atoms with E-state index in [1.54, 1.807) is 48.7 Å². The van der Waals surface area contributed by atoms with E-state index >= 15 is 0 Å². The van der Waals surface area contributed by atoms with Gasteiger partial charge in [0.1, 0.15) is 0 Å². The molecule has 0 radical (unpaired) electrons. The summed E-state index contributed by atoms with van der Waals surface area (Å²) in [4.78, 5) is 16.9. The van der Waals surface area contributed by atoms with Gasteiger partial charge >= 0.3 is 0 Å². The molecule has 0 aliphatic carbocycles. The van der Waals surface area contributed by atoms with E-state index in [-0.39, 0.29) is 5.91 Å². The summed E-state index contributed by atoms with van der Waals surface area (Å²) >= 11 is 0.471. The number of hydrogen-bond donors (Lipinski definition) is 1. The van der Waals surface area contributed by atoms with E-state index in [4.69, 9.17) is 0 Å². The highest BCUT2D eigenvalue weighted by atomic mass is 32.2. The van der Waals surface area contributed by atoms with Crippen molar-refractivity contribution < 1.29 is 13.6 Å². The number of carbonyl (C=O) groups is 1. The Hall–Kier alpha value is -2.47. The molecule has 0 fully saturated rings. The largest absolute Gasteiger partial charge is 0.322 e. The Morgan fingerprint density at radius 2 is 1.87 bits per heavy atom. The molecule has 0 aliphatic rings. The van der Waals surface area contributed by atoms with Crippen LogP contribution >= 0.6 is 11.8 Å². The number of benzene rings is 2. The van der Waals surface area contributed by atoms with Gasteiger partial charge in [0, 0.05) is 27.7 Å². The van der Waals surface area contributed by atoms with Crippen molar-refractivity contribution in [2.75, 3.05) is 5.32 Å². The molecule has 1 amide bonds. The first kappa shape index (κ1) is 15.4. The molecule has 0 atom stereocenters. The van der Waals surface area contributed by atoms with Gasteiger partial charge < -0.3 is 5.32 Å². The third-order valence-electron chi connectivity index (χ3n) is 3.20. The number of aromatic nitrogens is 1. The van der Waals surface area contributed by atoms with Crippen LogP contribution in [0.3, 0.4) is 0 Å². The number of hydrogen-bond acceptors (Lipinski definition) is 3. The number of rotatable bonds is 4. The Morgan fingerprint density at radius 1 is 1.09 bits per heavy atom. The number of anilines is 1. The quantitative estimate of drug-likeness (QED) is 0.699. The number of nitrogens with zero attached hydrogens (tertiary/aromatic N) is 1. The van der Waals surface area contributed by atoms with E-state index in [9.17, 15) is 13.6 Å². The molecular formula is C17H12F2N2OS. The molecule has 0 saturated carbocycles. The van der Waals surface area contributed by atoms with Crippen LogP contribution in [-0.2, 0) is 0 Å². The number of alkyl halides is 2. The van der Waals surface area contributed by atoms with Gasteiger partial charge in [0.05, 0.1) is 5.52 Å². The normalized spacial score (nSPS) is 10.9. The van der Waals surface area contributed by atoms with Crippen LogP contribution in [0.2, 0.25) is 0 Å². The zero-order valence-corrected chi connectivity index (χ0v) is 12.7. The van der Waals surface area contributed by atoms with Gasteiger partial charge in [-0.15, -0.1) is 0 Å². The minimum atomic E-state index is -2.46. The fourth-order valence-electron chi connectivity index (χ4n) is 2.14. The first-order chi connectivity index (χ1) is 11.1. The minimum absolute atomic E-state index is 0.259. The predicted octanol–water partition coefficient (Wildman–Crippen LogP) is 4.80. The van der Waals surface area contributed by atoms with Crippen molar-refractivity contribution in [1.82, 2.24) is 4.98 Å². The second-order valence-electron chi connectivity index (χ2n) is 4.77. The summed E-state index contributed by atoms with van der Waals surface area (Å²) in [5.41, 5.74) is 1.88. The van der Waals surface area contributed by atoms with E-state index in [1.165, 1.54) is 0 Å². The van der Waals surface area contributed by atoms with Crippen molar-refractivity contribution in [2.24, 2.45) is 0 Å². The summed E-state index contributed by atoms with van der Waals surface area (Å²) in [6, 6.07) is 15.2. The molecule has 3 nitrogen and oxygen atoms in total. The van der Waals surface area contributed by atoms with Crippen molar-refractivity contribution in [2.45, 2.75) is 10.7 Å². The zero-order chi connectivity index (χ0) is 16.2. The lowest BCUT2D eigenvalue weighted by molar-refractivity contribution is 0.102.